The zero-order valence-corrected chi connectivity index (χ0v) is 18.0. The van der Waals surface area contributed by atoms with Crippen molar-refractivity contribution >= 4 is 16.9 Å². The monoisotopic (exact) mass is 433 g/mol. The van der Waals surface area contributed by atoms with Gasteiger partial charge in [-0.2, -0.15) is 0 Å². The highest BCUT2D eigenvalue weighted by Gasteiger charge is 2.18. The first-order chi connectivity index (χ1) is 15.5. The Kier molecular flexibility index (Phi) is 6.12. The van der Waals surface area contributed by atoms with Gasteiger partial charge in [0.25, 0.3) is 0 Å². The van der Waals surface area contributed by atoms with Gasteiger partial charge < -0.3 is 19.1 Å². The lowest BCUT2D eigenvalue weighted by Crippen LogP contribution is -2.10. The van der Waals surface area contributed by atoms with Gasteiger partial charge in [-0.25, -0.2) is 4.39 Å². The third-order valence-corrected chi connectivity index (χ3v) is 5.41. The van der Waals surface area contributed by atoms with E-state index in [4.69, 9.17) is 9.47 Å². The topological polar surface area (TPSA) is 60.7 Å². The molecule has 0 aliphatic carbocycles. The third-order valence-electron chi connectivity index (χ3n) is 5.41. The highest BCUT2D eigenvalue weighted by molar-refractivity contribution is 5.87. The zero-order valence-electron chi connectivity index (χ0n) is 18.0. The Bertz CT molecular complexity index is 1260. The molecule has 4 rings (SSSR count). The number of carbonyl (C=O) groups is 1. The lowest BCUT2D eigenvalue weighted by molar-refractivity contribution is -0.137. The number of halogens is 1. The number of hydrogen-bond donors (Lipinski definition) is 1. The van der Waals surface area contributed by atoms with Crippen LogP contribution in [0.4, 0.5) is 4.39 Å². The number of ether oxygens (including phenoxy) is 2. The predicted molar refractivity (Wildman–Crippen MR) is 121 cm³/mol. The fourth-order valence-corrected chi connectivity index (χ4v) is 3.92. The number of carboxylic acid groups (broad SMARTS) is 1. The molecule has 0 aliphatic rings. The number of benzene rings is 3. The zero-order chi connectivity index (χ0) is 22.7. The Morgan fingerprint density at radius 3 is 2.47 bits per heavy atom. The second-order valence-electron chi connectivity index (χ2n) is 7.50. The fraction of sp³-hybridized carbons (Fsp3) is 0.192. The van der Waals surface area contributed by atoms with Gasteiger partial charge in [-0.05, 0) is 73.5 Å². The number of hydrogen-bond acceptors (Lipinski definition) is 3. The predicted octanol–water partition coefficient (Wildman–Crippen LogP) is 5.96. The van der Waals surface area contributed by atoms with Crippen molar-refractivity contribution in [1.29, 1.82) is 0 Å². The molecule has 1 heterocycles. The molecule has 1 aromatic heterocycles. The highest BCUT2D eigenvalue weighted by Crippen LogP contribution is 2.33. The number of aromatic nitrogens is 1. The molecule has 0 saturated heterocycles. The minimum absolute atomic E-state index is 0.182. The van der Waals surface area contributed by atoms with Crippen LogP contribution in [0.3, 0.4) is 0 Å². The van der Waals surface area contributed by atoms with Crippen LogP contribution in [0.15, 0.2) is 66.7 Å². The van der Waals surface area contributed by atoms with E-state index in [-0.39, 0.29) is 12.4 Å². The Balaban J connectivity index is 1.70. The summed E-state index contributed by atoms with van der Waals surface area (Å²) in [5.41, 5.74) is 3.29. The average molecular weight is 433 g/mol. The first kappa shape index (κ1) is 21.4. The fourth-order valence-electron chi connectivity index (χ4n) is 3.92. The van der Waals surface area contributed by atoms with Crippen LogP contribution >= 0.6 is 0 Å². The minimum Gasteiger partial charge on any atom is -0.494 e. The van der Waals surface area contributed by atoms with Crippen LogP contribution in [0.25, 0.3) is 10.9 Å². The van der Waals surface area contributed by atoms with Crippen LogP contribution < -0.4 is 9.47 Å². The maximum absolute atomic E-state index is 14.1. The summed E-state index contributed by atoms with van der Waals surface area (Å²) < 4.78 is 27.4. The van der Waals surface area contributed by atoms with Crippen molar-refractivity contribution in [2.75, 3.05) is 6.61 Å². The van der Waals surface area contributed by atoms with Gasteiger partial charge in [0.15, 0.2) is 0 Å². The maximum atomic E-state index is 14.1. The van der Waals surface area contributed by atoms with E-state index in [0.29, 0.717) is 35.4 Å². The molecule has 0 bridgehead atoms. The molecule has 0 radical (unpaired) electrons. The van der Waals surface area contributed by atoms with Crippen LogP contribution in [0, 0.1) is 12.7 Å². The average Bonchev–Trinajstić information content (AvgIpc) is 3.01. The van der Waals surface area contributed by atoms with E-state index >= 15 is 0 Å². The van der Waals surface area contributed by atoms with E-state index in [9.17, 15) is 14.3 Å². The number of carboxylic acids is 1. The van der Waals surface area contributed by atoms with Gasteiger partial charge in [0, 0.05) is 23.0 Å². The molecule has 0 aliphatic heterocycles. The number of fused-ring (bicyclic) bond motifs is 1. The Morgan fingerprint density at radius 1 is 1.03 bits per heavy atom. The molecule has 4 aromatic rings. The summed E-state index contributed by atoms with van der Waals surface area (Å²) in [4.78, 5) is 11.4. The van der Waals surface area contributed by atoms with Gasteiger partial charge in [-0.1, -0.05) is 18.2 Å². The highest BCUT2D eigenvalue weighted by atomic mass is 19.1. The van der Waals surface area contributed by atoms with E-state index in [1.54, 1.807) is 10.6 Å². The second kappa shape index (κ2) is 9.14. The Morgan fingerprint density at radius 2 is 1.75 bits per heavy atom. The minimum atomic E-state index is -0.944. The summed E-state index contributed by atoms with van der Waals surface area (Å²) in [6, 6.07) is 19.5. The summed E-state index contributed by atoms with van der Waals surface area (Å²) in [6.45, 7) is 4.21. The summed E-state index contributed by atoms with van der Waals surface area (Å²) in [5.74, 6) is 0.839. The summed E-state index contributed by atoms with van der Waals surface area (Å²) >= 11 is 0. The number of nitrogens with zero attached hydrogens (tertiary/aromatic N) is 1. The maximum Gasteiger partial charge on any atom is 0.323 e. The van der Waals surface area contributed by atoms with Crippen LogP contribution in [0.2, 0.25) is 0 Å². The molecule has 6 heteroatoms. The standard InChI is InChI=1S/C26H24FNO4/c1-3-31-20-9-11-21(12-10-20)32-25-7-5-4-6-18(25)14-22-17(2)28(16-26(29)30)24-13-8-19(27)15-23(22)24/h4-13,15H,3,14,16H2,1-2H3,(H,29,30). The molecule has 0 saturated carbocycles. The molecule has 0 spiro atoms. The van der Waals surface area contributed by atoms with Crippen molar-refractivity contribution in [1.82, 2.24) is 4.57 Å². The van der Waals surface area contributed by atoms with Gasteiger partial charge in [0.05, 0.1) is 6.61 Å². The normalized spacial score (nSPS) is 11.0. The number of rotatable bonds is 8. The molecule has 32 heavy (non-hydrogen) atoms. The summed E-state index contributed by atoms with van der Waals surface area (Å²) in [5, 5.41) is 10.0. The van der Waals surface area contributed by atoms with E-state index in [1.807, 2.05) is 62.4 Å². The first-order valence-corrected chi connectivity index (χ1v) is 10.4. The molecule has 3 aromatic carbocycles. The Hall–Kier alpha value is -3.80. The van der Waals surface area contributed by atoms with Gasteiger partial charge in [-0.3, -0.25) is 4.79 Å². The summed E-state index contributed by atoms with van der Waals surface area (Å²) in [6.07, 6.45) is 0.478. The second-order valence-corrected chi connectivity index (χ2v) is 7.50. The SMILES string of the molecule is CCOc1ccc(Oc2ccccc2Cc2c(C)n(CC(=O)O)c3ccc(F)cc23)cc1. The van der Waals surface area contributed by atoms with Crippen molar-refractivity contribution in [2.24, 2.45) is 0 Å². The van der Waals surface area contributed by atoms with Gasteiger partial charge in [0.2, 0.25) is 0 Å². The molecule has 5 nitrogen and oxygen atoms in total. The van der Waals surface area contributed by atoms with Gasteiger partial charge in [0.1, 0.15) is 29.6 Å². The third kappa shape index (κ3) is 4.44. The van der Waals surface area contributed by atoms with Crippen LogP contribution in [0.1, 0.15) is 23.7 Å². The van der Waals surface area contributed by atoms with E-state index < -0.39 is 5.97 Å². The molecule has 1 N–H and O–H groups in total. The Labute approximate surface area is 185 Å². The van der Waals surface area contributed by atoms with Crippen LogP contribution in [0.5, 0.6) is 17.2 Å². The first-order valence-electron chi connectivity index (χ1n) is 10.4. The van der Waals surface area contributed by atoms with Crippen LogP contribution in [-0.2, 0) is 17.8 Å². The smallest absolute Gasteiger partial charge is 0.323 e. The van der Waals surface area contributed by atoms with E-state index in [2.05, 4.69) is 0 Å². The molecular formula is C26H24FNO4. The van der Waals surface area contributed by atoms with Crippen LogP contribution in [-0.4, -0.2) is 22.2 Å². The summed E-state index contributed by atoms with van der Waals surface area (Å²) in [7, 11) is 0. The van der Waals surface area contributed by atoms with E-state index in [0.717, 1.165) is 22.6 Å². The molecule has 0 fully saturated rings. The molecule has 0 atom stereocenters. The van der Waals surface area contributed by atoms with Crippen molar-refractivity contribution in [3.8, 4) is 17.2 Å². The molecule has 0 amide bonds. The lowest BCUT2D eigenvalue weighted by atomic mass is 10.0. The van der Waals surface area contributed by atoms with Crippen molar-refractivity contribution < 1.29 is 23.8 Å². The molecule has 164 valence electrons. The van der Waals surface area contributed by atoms with Gasteiger partial charge >= 0.3 is 5.97 Å². The number of para-hydroxylation sites is 1. The van der Waals surface area contributed by atoms with Crippen molar-refractivity contribution in [3.05, 3.63) is 89.4 Å². The number of aliphatic carboxylic acids is 1. The quantitative estimate of drug-likeness (QED) is 0.373. The molecule has 0 unspecified atom stereocenters. The molecular weight excluding hydrogens is 409 g/mol. The van der Waals surface area contributed by atoms with E-state index in [1.165, 1.54) is 12.1 Å². The largest absolute Gasteiger partial charge is 0.494 e. The van der Waals surface area contributed by atoms with Gasteiger partial charge in [-0.15, -0.1) is 0 Å². The lowest BCUT2D eigenvalue weighted by Gasteiger charge is -2.12. The van der Waals surface area contributed by atoms with Crippen molar-refractivity contribution in [3.63, 3.8) is 0 Å². The van der Waals surface area contributed by atoms with Crippen molar-refractivity contribution in [2.45, 2.75) is 26.8 Å².